The number of methoxy groups -OCH3 is 1. The molecule has 0 atom stereocenters. The number of nitrogens with zero attached hydrogens (tertiary/aromatic N) is 4. The summed E-state index contributed by atoms with van der Waals surface area (Å²) in [4.78, 5) is 22.9. The number of nitro groups is 1. The number of nitrogens with one attached hydrogen (secondary N) is 2. The Hall–Kier alpha value is -3.46. The highest BCUT2D eigenvalue weighted by atomic mass is 35.5. The second-order valence-corrected chi connectivity index (χ2v) is 5.33. The van der Waals surface area contributed by atoms with Crippen LogP contribution >= 0.6 is 11.6 Å². The van der Waals surface area contributed by atoms with Crippen LogP contribution in [0.25, 0.3) is 0 Å². The fourth-order valence-corrected chi connectivity index (χ4v) is 2.38. The lowest BCUT2D eigenvalue weighted by Crippen LogP contribution is -2.06. The number of anilines is 4. The molecule has 1 aromatic carbocycles. The Morgan fingerprint density at radius 2 is 1.69 bits per heavy atom. The van der Waals surface area contributed by atoms with Crippen molar-refractivity contribution in [3.63, 3.8) is 0 Å². The van der Waals surface area contributed by atoms with Crippen molar-refractivity contribution in [1.29, 1.82) is 0 Å². The van der Waals surface area contributed by atoms with E-state index in [9.17, 15) is 10.1 Å². The largest absolute Gasteiger partial charge is 0.495 e. The van der Waals surface area contributed by atoms with Crippen LogP contribution in [0.3, 0.4) is 0 Å². The van der Waals surface area contributed by atoms with Gasteiger partial charge >= 0.3 is 5.69 Å². The second kappa shape index (κ2) is 7.62. The molecule has 0 saturated carbocycles. The van der Waals surface area contributed by atoms with Gasteiger partial charge in [0.25, 0.3) is 0 Å². The van der Waals surface area contributed by atoms with Gasteiger partial charge in [-0.1, -0.05) is 23.7 Å². The monoisotopic (exact) mass is 372 g/mol. The Balaban J connectivity index is 2.01. The molecule has 0 aliphatic rings. The highest BCUT2D eigenvalue weighted by Gasteiger charge is 2.24. The summed E-state index contributed by atoms with van der Waals surface area (Å²) in [6, 6.07) is 10.3. The second-order valence-electron chi connectivity index (χ2n) is 4.97. The van der Waals surface area contributed by atoms with Crippen molar-refractivity contribution in [2.24, 2.45) is 0 Å². The van der Waals surface area contributed by atoms with Crippen molar-refractivity contribution in [1.82, 2.24) is 15.0 Å². The molecule has 0 spiro atoms. The molecule has 0 unspecified atom stereocenters. The third-order valence-electron chi connectivity index (χ3n) is 3.38. The van der Waals surface area contributed by atoms with Crippen LogP contribution in [0.15, 0.2) is 48.9 Å². The minimum atomic E-state index is -0.579. The van der Waals surface area contributed by atoms with Crippen molar-refractivity contribution >= 4 is 40.3 Å². The molecular weight excluding hydrogens is 360 g/mol. The molecule has 0 aliphatic carbocycles. The smallest absolute Gasteiger partial charge is 0.353 e. The normalized spacial score (nSPS) is 10.2. The summed E-state index contributed by atoms with van der Waals surface area (Å²) in [6.45, 7) is 0. The molecule has 2 heterocycles. The predicted octanol–water partition coefficient (Wildman–Crippen LogP) is 3.93. The summed E-state index contributed by atoms with van der Waals surface area (Å²) in [6.07, 6.45) is 2.72. The van der Waals surface area contributed by atoms with E-state index in [1.165, 1.54) is 19.6 Å². The van der Waals surface area contributed by atoms with E-state index in [1.807, 2.05) is 0 Å². The highest BCUT2D eigenvalue weighted by Crippen LogP contribution is 2.36. The molecule has 0 saturated heterocycles. The molecule has 26 heavy (non-hydrogen) atoms. The quantitative estimate of drug-likeness (QED) is 0.380. The van der Waals surface area contributed by atoms with Crippen LogP contribution in [-0.4, -0.2) is 27.0 Å². The van der Waals surface area contributed by atoms with Crippen LogP contribution in [0.5, 0.6) is 5.75 Å². The van der Waals surface area contributed by atoms with E-state index >= 15 is 0 Å². The number of benzene rings is 1. The zero-order valence-corrected chi connectivity index (χ0v) is 14.3. The fourth-order valence-electron chi connectivity index (χ4n) is 2.22. The Morgan fingerprint density at radius 3 is 2.35 bits per heavy atom. The van der Waals surface area contributed by atoms with Crippen LogP contribution < -0.4 is 15.4 Å². The van der Waals surface area contributed by atoms with E-state index in [2.05, 4.69) is 25.6 Å². The summed E-state index contributed by atoms with van der Waals surface area (Å²) >= 11 is 6.00. The van der Waals surface area contributed by atoms with E-state index in [4.69, 9.17) is 16.3 Å². The van der Waals surface area contributed by atoms with Gasteiger partial charge in [0, 0.05) is 6.20 Å². The number of pyridine rings is 1. The molecule has 0 aliphatic heterocycles. The fraction of sp³-hybridized carbons (Fsp3) is 0.0625. The summed E-state index contributed by atoms with van der Waals surface area (Å²) in [5.41, 5.74) is 0.583. The maximum atomic E-state index is 11.6. The van der Waals surface area contributed by atoms with Gasteiger partial charge in [0.05, 0.1) is 23.4 Å². The predicted molar refractivity (Wildman–Crippen MR) is 97.5 cm³/mol. The Morgan fingerprint density at radius 1 is 1.04 bits per heavy atom. The minimum absolute atomic E-state index is 0.0111. The van der Waals surface area contributed by atoms with E-state index < -0.39 is 4.92 Å². The van der Waals surface area contributed by atoms with Gasteiger partial charge < -0.3 is 15.4 Å². The van der Waals surface area contributed by atoms with E-state index in [-0.39, 0.29) is 22.5 Å². The number of aromatic nitrogens is 3. The van der Waals surface area contributed by atoms with Gasteiger partial charge in [-0.3, -0.25) is 10.1 Å². The average Bonchev–Trinajstić information content (AvgIpc) is 2.64. The molecule has 9 nitrogen and oxygen atoms in total. The summed E-state index contributed by atoms with van der Waals surface area (Å²) < 4.78 is 5.24. The molecule has 3 aromatic rings. The van der Waals surface area contributed by atoms with Gasteiger partial charge in [-0.15, -0.1) is 0 Å². The SMILES string of the molecule is COc1ccccc1Nc1ncnc(Nc2cccnc2Cl)c1[N+](=O)[O-]. The average molecular weight is 373 g/mol. The minimum Gasteiger partial charge on any atom is -0.495 e. The van der Waals surface area contributed by atoms with Gasteiger partial charge in [-0.2, -0.15) is 0 Å². The van der Waals surface area contributed by atoms with Crippen molar-refractivity contribution < 1.29 is 9.66 Å². The van der Waals surface area contributed by atoms with E-state index in [0.29, 0.717) is 17.1 Å². The summed E-state index contributed by atoms with van der Waals surface area (Å²) in [7, 11) is 1.51. The number of hydrogen-bond donors (Lipinski definition) is 2. The Kier molecular flexibility index (Phi) is 5.09. The van der Waals surface area contributed by atoms with Crippen LogP contribution in [0.1, 0.15) is 0 Å². The molecule has 3 rings (SSSR count). The third-order valence-corrected chi connectivity index (χ3v) is 3.68. The molecule has 0 fully saturated rings. The molecule has 10 heteroatoms. The number of ether oxygens (including phenoxy) is 1. The highest BCUT2D eigenvalue weighted by molar-refractivity contribution is 6.32. The van der Waals surface area contributed by atoms with Crippen molar-refractivity contribution in [3.05, 3.63) is 64.2 Å². The number of para-hydroxylation sites is 2. The zero-order chi connectivity index (χ0) is 18.5. The third kappa shape index (κ3) is 3.62. The number of halogens is 1. The van der Waals surface area contributed by atoms with E-state index in [1.54, 1.807) is 36.4 Å². The first-order valence-corrected chi connectivity index (χ1v) is 7.75. The first-order chi connectivity index (χ1) is 12.6. The summed E-state index contributed by atoms with van der Waals surface area (Å²) in [5, 5.41) is 17.5. The molecule has 132 valence electrons. The van der Waals surface area contributed by atoms with Crippen molar-refractivity contribution in [3.8, 4) is 5.75 Å². The van der Waals surface area contributed by atoms with Gasteiger partial charge in [0.1, 0.15) is 12.1 Å². The van der Waals surface area contributed by atoms with Gasteiger partial charge in [-0.25, -0.2) is 15.0 Å². The zero-order valence-electron chi connectivity index (χ0n) is 13.5. The van der Waals surface area contributed by atoms with Crippen molar-refractivity contribution in [2.75, 3.05) is 17.7 Å². The summed E-state index contributed by atoms with van der Waals surface area (Å²) in [5.74, 6) is 0.513. The van der Waals surface area contributed by atoms with E-state index in [0.717, 1.165) is 0 Å². The van der Waals surface area contributed by atoms with Crippen molar-refractivity contribution in [2.45, 2.75) is 0 Å². The van der Waals surface area contributed by atoms with Crippen LogP contribution in [0, 0.1) is 10.1 Å². The first-order valence-electron chi connectivity index (χ1n) is 7.37. The molecule has 0 bridgehead atoms. The van der Waals surface area contributed by atoms with Crippen LogP contribution in [0.2, 0.25) is 5.15 Å². The number of hydrogen-bond acceptors (Lipinski definition) is 8. The topological polar surface area (TPSA) is 115 Å². The molecule has 0 amide bonds. The maximum absolute atomic E-state index is 11.6. The lowest BCUT2D eigenvalue weighted by molar-refractivity contribution is -0.383. The lowest BCUT2D eigenvalue weighted by atomic mass is 10.3. The van der Waals surface area contributed by atoms with Crippen LogP contribution in [-0.2, 0) is 0 Å². The first kappa shape index (κ1) is 17.4. The van der Waals surface area contributed by atoms with Gasteiger partial charge in [-0.05, 0) is 24.3 Å². The Labute approximate surface area is 153 Å². The molecular formula is C16H13ClN6O3. The number of rotatable bonds is 6. The molecule has 2 N–H and O–H groups in total. The van der Waals surface area contributed by atoms with Gasteiger partial charge in [0.15, 0.2) is 5.15 Å². The lowest BCUT2D eigenvalue weighted by Gasteiger charge is -2.12. The maximum Gasteiger partial charge on any atom is 0.353 e. The molecule has 2 aromatic heterocycles. The Bertz CT molecular complexity index is 953. The van der Waals surface area contributed by atoms with Crippen LogP contribution in [0.4, 0.5) is 28.7 Å². The molecule has 0 radical (unpaired) electrons. The van der Waals surface area contributed by atoms with Gasteiger partial charge in [0.2, 0.25) is 11.6 Å². The standard InChI is InChI=1S/C16H13ClN6O3/c1-26-12-7-3-2-5-10(12)21-15-13(23(24)25)16(20-9-19-15)22-11-6-4-8-18-14(11)17/h2-9H,1H3,(H2,19,20,21,22).